The molecule has 0 aliphatic carbocycles. The fourth-order valence-electron chi connectivity index (χ4n) is 2.69. The minimum absolute atomic E-state index is 0.130. The van der Waals surface area contributed by atoms with Crippen LogP contribution in [0.4, 0.5) is 0 Å². The van der Waals surface area contributed by atoms with Crippen LogP contribution >= 0.6 is 0 Å². The summed E-state index contributed by atoms with van der Waals surface area (Å²) >= 11 is 0. The van der Waals surface area contributed by atoms with Gasteiger partial charge in [-0.3, -0.25) is 4.79 Å². The van der Waals surface area contributed by atoms with Gasteiger partial charge in [0, 0.05) is 0 Å². The number of benzene rings is 1. The molecule has 0 fully saturated rings. The van der Waals surface area contributed by atoms with E-state index < -0.39 is 22.0 Å². The Morgan fingerprint density at radius 2 is 1.93 bits per heavy atom. The van der Waals surface area contributed by atoms with E-state index in [1.807, 2.05) is 0 Å². The number of furan rings is 1. The molecule has 2 N–H and O–H groups in total. The van der Waals surface area contributed by atoms with Crippen molar-refractivity contribution in [1.29, 1.82) is 0 Å². The van der Waals surface area contributed by atoms with Gasteiger partial charge in [0.2, 0.25) is 15.9 Å². The molecule has 1 aromatic carbocycles. The van der Waals surface area contributed by atoms with Crippen LogP contribution in [0.15, 0.2) is 39.8 Å². The average Bonchev–Trinajstić information content (AvgIpc) is 3.12. The molecule has 7 nitrogen and oxygen atoms in total. The van der Waals surface area contributed by atoms with Crippen LogP contribution < -0.4 is 14.8 Å². The average molecular weight is 394 g/mol. The molecular weight excluding hydrogens is 368 g/mol. The standard InChI is InChI=1S/C19H26N2O5S/c1-12(2)18(19(22)20-11-15-7-6-8-26-15)21-27(23,24)17-10-13(3)16(25-5)9-14(17)4/h6-10,12,18,21H,11H2,1-5H3,(H,20,22)/t18-/m1/s1. The first-order valence-electron chi connectivity index (χ1n) is 8.63. The molecular formula is C19H26N2O5S. The van der Waals surface area contributed by atoms with Gasteiger partial charge in [0.05, 0.1) is 24.8 Å². The summed E-state index contributed by atoms with van der Waals surface area (Å²) in [4.78, 5) is 12.7. The minimum Gasteiger partial charge on any atom is -0.496 e. The molecule has 1 atom stereocenters. The lowest BCUT2D eigenvalue weighted by atomic mass is 10.1. The zero-order valence-electron chi connectivity index (χ0n) is 16.2. The number of hydrogen-bond donors (Lipinski definition) is 2. The number of rotatable bonds is 8. The van der Waals surface area contributed by atoms with Crippen molar-refractivity contribution in [2.45, 2.75) is 45.2 Å². The van der Waals surface area contributed by atoms with Gasteiger partial charge >= 0.3 is 0 Å². The van der Waals surface area contributed by atoms with E-state index in [0.29, 0.717) is 22.6 Å². The highest BCUT2D eigenvalue weighted by Crippen LogP contribution is 2.26. The third-order valence-corrected chi connectivity index (χ3v) is 5.81. The second-order valence-electron chi connectivity index (χ2n) is 6.73. The second kappa shape index (κ2) is 8.58. The third-order valence-electron chi connectivity index (χ3n) is 4.23. The summed E-state index contributed by atoms with van der Waals surface area (Å²) in [6.07, 6.45) is 1.51. The number of methoxy groups -OCH3 is 1. The van der Waals surface area contributed by atoms with Gasteiger partial charge in [-0.1, -0.05) is 13.8 Å². The molecule has 148 valence electrons. The van der Waals surface area contributed by atoms with E-state index >= 15 is 0 Å². The molecule has 0 aliphatic heterocycles. The van der Waals surface area contributed by atoms with Crippen LogP contribution in [0.1, 0.15) is 30.7 Å². The minimum atomic E-state index is -3.89. The Kier molecular flexibility index (Phi) is 6.67. The highest BCUT2D eigenvalue weighted by atomic mass is 32.2. The van der Waals surface area contributed by atoms with Crippen molar-refractivity contribution >= 4 is 15.9 Å². The fourth-order valence-corrected chi connectivity index (χ4v) is 4.35. The van der Waals surface area contributed by atoms with Gasteiger partial charge in [0.15, 0.2) is 0 Å². The van der Waals surface area contributed by atoms with Crippen molar-refractivity contribution in [3.63, 3.8) is 0 Å². The maximum atomic E-state index is 12.9. The summed E-state index contributed by atoms with van der Waals surface area (Å²) in [6, 6.07) is 5.77. The van der Waals surface area contributed by atoms with Crippen LogP contribution in [0.25, 0.3) is 0 Å². The second-order valence-corrected chi connectivity index (χ2v) is 8.41. The number of aryl methyl sites for hydroxylation is 2. The number of carbonyl (C=O) groups is 1. The first kappa shape index (κ1) is 21.0. The fraction of sp³-hybridized carbons (Fsp3) is 0.421. The van der Waals surface area contributed by atoms with Crippen molar-refractivity contribution in [2.75, 3.05) is 7.11 Å². The summed E-state index contributed by atoms with van der Waals surface area (Å²) < 4.78 is 38.8. The number of hydrogen-bond acceptors (Lipinski definition) is 5. The smallest absolute Gasteiger partial charge is 0.241 e. The molecule has 0 bridgehead atoms. The van der Waals surface area contributed by atoms with E-state index in [0.717, 1.165) is 0 Å². The van der Waals surface area contributed by atoms with Gasteiger partial charge in [-0.05, 0) is 55.2 Å². The Morgan fingerprint density at radius 3 is 2.48 bits per heavy atom. The zero-order chi connectivity index (χ0) is 20.2. The molecule has 1 amide bonds. The SMILES string of the molecule is COc1cc(C)c(S(=O)(=O)N[C@@H](C(=O)NCc2ccco2)C(C)C)cc1C. The van der Waals surface area contributed by atoms with Crippen molar-refractivity contribution in [3.05, 3.63) is 47.4 Å². The van der Waals surface area contributed by atoms with Crippen LogP contribution in [0, 0.1) is 19.8 Å². The highest BCUT2D eigenvalue weighted by molar-refractivity contribution is 7.89. The molecule has 0 spiro atoms. The van der Waals surface area contributed by atoms with E-state index in [4.69, 9.17) is 9.15 Å². The summed E-state index contributed by atoms with van der Waals surface area (Å²) in [5.74, 6) is 0.558. The van der Waals surface area contributed by atoms with E-state index in [1.165, 1.54) is 13.4 Å². The first-order chi connectivity index (χ1) is 12.7. The lowest BCUT2D eigenvalue weighted by Crippen LogP contribution is -2.49. The van der Waals surface area contributed by atoms with E-state index in [1.54, 1.807) is 52.0 Å². The molecule has 0 saturated carbocycles. The number of sulfonamides is 1. The van der Waals surface area contributed by atoms with Gasteiger partial charge in [-0.2, -0.15) is 4.72 Å². The summed E-state index contributed by atoms with van der Waals surface area (Å²) in [6.45, 7) is 7.22. The summed E-state index contributed by atoms with van der Waals surface area (Å²) in [5, 5.41) is 2.71. The lowest BCUT2D eigenvalue weighted by molar-refractivity contribution is -0.123. The lowest BCUT2D eigenvalue weighted by Gasteiger charge is -2.22. The van der Waals surface area contributed by atoms with Gasteiger partial charge in [-0.25, -0.2) is 8.42 Å². The molecule has 27 heavy (non-hydrogen) atoms. The molecule has 2 aromatic rings. The maximum Gasteiger partial charge on any atom is 0.241 e. The van der Waals surface area contributed by atoms with E-state index in [2.05, 4.69) is 10.0 Å². The molecule has 2 rings (SSSR count). The predicted molar refractivity (Wildman–Crippen MR) is 102 cm³/mol. The molecule has 0 unspecified atom stereocenters. The summed E-state index contributed by atoms with van der Waals surface area (Å²) in [5.41, 5.74) is 1.25. The normalized spacial score (nSPS) is 12.8. The highest BCUT2D eigenvalue weighted by Gasteiger charge is 2.29. The van der Waals surface area contributed by atoms with Gasteiger partial charge in [0.1, 0.15) is 17.6 Å². The van der Waals surface area contributed by atoms with Crippen LogP contribution in [-0.4, -0.2) is 27.5 Å². The van der Waals surface area contributed by atoms with E-state index in [9.17, 15) is 13.2 Å². The van der Waals surface area contributed by atoms with Crippen molar-refractivity contribution < 1.29 is 22.4 Å². The largest absolute Gasteiger partial charge is 0.496 e. The molecule has 0 aliphatic rings. The molecule has 0 radical (unpaired) electrons. The number of ether oxygens (including phenoxy) is 1. The Balaban J connectivity index is 2.21. The predicted octanol–water partition coefficient (Wildman–Crippen LogP) is 2.52. The Labute approximate surface area is 160 Å². The Morgan fingerprint density at radius 1 is 1.22 bits per heavy atom. The number of amides is 1. The molecule has 1 aromatic heterocycles. The Hall–Kier alpha value is -2.32. The van der Waals surface area contributed by atoms with Gasteiger partial charge < -0.3 is 14.5 Å². The van der Waals surface area contributed by atoms with Crippen molar-refractivity contribution in [3.8, 4) is 5.75 Å². The van der Waals surface area contributed by atoms with E-state index in [-0.39, 0.29) is 17.4 Å². The number of nitrogens with one attached hydrogen (secondary N) is 2. The Bertz CT molecular complexity index is 889. The zero-order valence-corrected chi connectivity index (χ0v) is 17.0. The van der Waals surface area contributed by atoms with Gasteiger partial charge in [0.25, 0.3) is 0 Å². The third kappa shape index (κ3) is 5.11. The summed E-state index contributed by atoms with van der Waals surface area (Å²) in [7, 11) is -2.36. The first-order valence-corrected chi connectivity index (χ1v) is 10.1. The quantitative estimate of drug-likeness (QED) is 0.717. The van der Waals surface area contributed by atoms with Crippen LogP contribution in [0.2, 0.25) is 0 Å². The van der Waals surface area contributed by atoms with Gasteiger partial charge in [-0.15, -0.1) is 0 Å². The topological polar surface area (TPSA) is 97.6 Å². The number of carbonyl (C=O) groups excluding carboxylic acids is 1. The molecule has 0 saturated heterocycles. The maximum absolute atomic E-state index is 12.9. The van der Waals surface area contributed by atoms with Crippen LogP contribution in [0.5, 0.6) is 5.75 Å². The molecule has 8 heteroatoms. The van der Waals surface area contributed by atoms with Crippen LogP contribution in [-0.2, 0) is 21.4 Å². The molecule has 1 heterocycles. The van der Waals surface area contributed by atoms with Crippen LogP contribution in [0.3, 0.4) is 0 Å². The monoisotopic (exact) mass is 394 g/mol. The van der Waals surface area contributed by atoms with Crippen molar-refractivity contribution in [1.82, 2.24) is 10.0 Å². The van der Waals surface area contributed by atoms with Crippen molar-refractivity contribution in [2.24, 2.45) is 5.92 Å².